The van der Waals surface area contributed by atoms with E-state index in [1.807, 2.05) is 13.8 Å². The Balaban J connectivity index is 1.72. The zero-order valence-electron chi connectivity index (χ0n) is 20.7. The fraction of sp³-hybridized carbons (Fsp3) is 0.680. The van der Waals surface area contributed by atoms with E-state index >= 15 is 0 Å². The molecule has 1 aromatic rings. The van der Waals surface area contributed by atoms with E-state index in [1.165, 1.54) is 32.1 Å². The summed E-state index contributed by atoms with van der Waals surface area (Å²) in [4.78, 5) is 24.8. The molecule has 1 aliphatic carbocycles. The van der Waals surface area contributed by atoms with Crippen LogP contribution in [0.5, 0.6) is 0 Å². The normalized spacial score (nSPS) is 15.8. The summed E-state index contributed by atoms with van der Waals surface area (Å²) in [5, 5.41) is 5.58. The van der Waals surface area contributed by atoms with Crippen molar-refractivity contribution in [2.75, 3.05) is 13.1 Å². The van der Waals surface area contributed by atoms with Crippen LogP contribution in [0.3, 0.4) is 0 Å². The molecular weight excluding hydrogens is 493 g/mol. The number of rotatable bonds is 14. The van der Waals surface area contributed by atoms with Gasteiger partial charge in [0, 0.05) is 13.0 Å². The van der Waals surface area contributed by atoms with Crippen LogP contribution in [-0.2, 0) is 19.6 Å². The van der Waals surface area contributed by atoms with Crippen LogP contribution < -0.4 is 15.4 Å². The van der Waals surface area contributed by atoms with Crippen LogP contribution >= 0.6 is 11.6 Å². The highest BCUT2D eigenvalue weighted by Gasteiger charge is 2.22. The number of nitrogens with one attached hydrogen (secondary N) is 3. The highest BCUT2D eigenvalue weighted by Crippen LogP contribution is 2.27. The first-order chi connectivity index (χ1) is 16.6. The molecule has 35 heavy (non-hydrogen) atoms. The summed E-state index contributed by atoms with van der Waals surface area (Å²) < 4.78 is 40.3. The van der Waals surface area contributed by atoms with Crippen molar-refractivity contribution in [1.82, 2.24) is 15.4 Å². The van der Waals surface area contributed by atoms with Gasteiger partial charge in [-0.1, -0.05) is 57.6 Å². The number of imide groups is 1. The Morgan fingerprint density at radius 3 is 2.46 bits per heavy atom. The second kappa shape index (κ2) is 14.9. The summed E-state index contributed by atoms with van der Waals surface area (Å²) >= 11 is 5.85. The maximum absolute atomic E-state index is 13.2. The fourth-order valence-corrected chi connectivity index (χ4v) is 5.96. The topological polar surface area (TPSA) is 104 Å². The number of amides is 2. The molecule has 2 rings (SSSR count). The highest BCUT2D eigenvalue weighted by atomic mass is 35.5. The smallest absolute Gasteiger partial charge is 0.243 e. The molecule has 0 unspecified atom stereocenters. The van der Waals surface area contributed by atoms with E-state index in [0.717, 1.165) is 24.6 Å². The molecule has 3 N–H and O–H groups in total. The second-order valence-electron chi connectivity index (χ2n) is 9.77. The number of hydrogen-bond acceptors (Lipinski definition) is 5. The zero-order chi connectivity index (χ0) is 25.8. The molecule has 0 bridgehead atoms. The predicted octanol–water partition coefficient (Wildman–Crippen LogP) is 4.55. The fourth-order valence-electron chi connectivity index (χ4n) is 4.36. The van der Waals surface area contributed by atoms with Gasteiger partial charge in [-0.25, -0.2) is 17.5 Å². The van der Waals surface area contributed by atoms with Crippen molar-refractivity contribution >= 4 is 33.4 Å². The Morgan fingerprint density at radius 2 is 1.80 bits per heavy atom. The molecule has 1 atom stereocenters. The first-order valence-electron chi connectivity index (χ1n) is 12.6. The molecule has 1 fully saturated rings. The van der Waals surface area contributed by atoms with Crippen molar-refractivity contribution in [2.24, 2.45) is 11.8 Å². The summed E-state index contributed by atoms with van der Waals surface area (Å²) in [5.74, 6) is -0.275. The van der Waals surface area contributed by atoms with Crippen molar-refractivity contribution < 1.29 is 22.4 Å². The molecule has 0 aromatic heterocycles. The van der Waals surface area contributed by atoms with Crippen LogP contribution in [0.15, 0.2) is 23.1 Å². The van der Waals surface area contributed by atoms with E-state index in [0.29, 0.717) is 38.1 Å². The van der Waals surface area contributed by atoms with Crippen LogP contribution in [0.4, 0.5) is 4.39 Å². The van der Waals surface area contributed by atoms with Crippen LogP contribution in [0.1, 0.15) is 78.1 Å². The number of unbranched alkanes of at least 4 members (excludes halogenated alkanes) is 1. The quantitative estimate of drug-likeness (QED) is 0.306. The third-order valence-corrected chi connectivity index (χ3v) is 8.20. The molecule has 0 saturated heterocycles. The molecule has 1 aromatic carbocycles. The molecule has 7 nitrogen and oxygen atoms in total. The van der Waals surface area contributed by atoms with Gasteiger partial charge in [-0.3, -0.25) is 14.9 Å². The van der Waals surface area contributed by atoms with Gasteiger partial charge in [-0.05, 0) is 62.3 Å². The van der Waals surface area contributed by atoms with Crippen LogP contribution in [-0.4, -0.2) is 39.4 Å². The first-order valence-corrected chi connectivity index (χ1v) is 14.5. The van der Waals surface area contributed by atoms with Gasteiger partial charge < -0.3 is 5.32 Å². The van der Waals surface area contributed by atoms with Crippen molar-refractivity contribution in [3.8, 4) is 0 Å². The van der Waals surface area contributed by atoms with Crippen LogP contribution in [0.2, 0.25) is 5.02 Å². The molecule has 0 spiro atoms. The number of carbonyl (C=O) groups is 2. The molecule has 0 radical (unpaired) electrons. The molecule has 1 aliphatic rings. The molecule has 0 heterocycles. The average molecular weight is 532 g/mol. The third-order valence-electron chi connectivity index (χ3n) is 6.26. The molecular formula is C25H39ClFN3O4S. The lowest BCUT2D eigenvalue weighted by Crippen LogP contribution is -2.47. The van der Waals surface area contributed by atoms with E-state index in [1.54, 1.807) is 0 Å². The van der Waals surface area contributed by atoms with Crippen LogP contribution in [0.25, 0.3) is 0 Å². The number of sulfonamides is 1. The number of halogens is 2. The summed E-state index contributed by atoms with van der Waals surface area (Å²) in [7, 11) is -3.84. The van der Waals surface area contributed by atoms with E-state index in [4.69, 9.17) is 11.6 Å². The van der Waals surface area contributed by atoms with Crippen molar-refractivity contribution in [3.63, 3.8) is 0 Å². The van der Waals surface area contributed by atoms with Gasteiger partial charge >= 0.3 is 0 Å². The summed E-state index contributed by atoms with van der Waals surface area (Å²) in [6.07, 6.45) is 9.04. The standard InChI is InChI=1S/C25H39ClFN3O4S/c1-18(2)16-22(25(32)30-24(31)13-10-19-8-4-3-5-9-19)28-14-6-7-15-29-35(33,34)23-12-11-20(27)17-21(23)26/h11-12,17-19,22,28-29H,3-10,13-16H2,1-2H3,(H,30,31,32)/t22-/m0/s1. The van der Waals surface area contributed by atoms with Gasteiger partial charge in [-0.2, -0.15) is 0 Å². The Kier molecular flexibility index (Phi) is 12.6. The van der Waals surface area contributed by atoms with Crippen molar-refractivity contribution in [2.45, 2.75) is 89.0 Å². The Bertz CT molecular complexity index is 937. The molecule has 198 valence electrons. The van der Waals surface area contributed by atoms with Gasteiger partial charge in [0.15, 0.2) is 0 Å². The number of carbonyl (C=O) groups excluding carboxylic acids is 2. The number of benzene rings is 1. The van der Waals surface area contributed by atoms with E-state index in [2.05, 4.69) is 15.4 Å². The molecule has 1 saturated carbocycles. The van der Waals surface area contributed by atoms with E-state index in [-0.39, 0.29) is 34.2 Å². The highest BCUT2D eigenvalue weighted by molar-refractivity contribution is 7.89. The minimum atomic E-state index is -3.84. The Morgan fingerprint density at radius 1 is 1.11 bits per heavy atom. The summed E-state index contributed by atoms with van der Waals surface area (Å²) in [5.41, 5.74) is 0. The average Bonchev–Trinajstić information content (AvgIpc) is 2.79. The van der Waals surface area contributed by atoms with Gasteiger partial charge in [0.2, 0.25) is 21.8 Å². The van der Waals surface area contributed by atoms with Gasteiger partial charge in [-0.15, -0.1) is 0 Å². The molecule has 2 amide bonds. The van der Waals surface area contributed by atoms with Gasteiger partial charge in [0.1, 0.15) is 10.7 Å². The summed E-state index contributed by atoms with van der Waals surface area (Å²) in [6, 6.07) is 2.65. The maximum atomic E-state index is 13.2. The minimum Gasteiger partial charge on any atom is -0.306 e. The molecule has 0 aliphatic heterocycles. The first kappa shape index (κ1) is 29.7. The Labute approximate surface area is 214 Å². The minimum absolute atomic E-state index is 0.166. The number of hydrogen-bond donors (Lipinski definition) is 3. The maximum Gasteiger partial charge on any atom is 0.243 e. The van der Waals surface area contributed by atoms with E-state index in [9.17, 15) is 22.4 Å². The molecule has 10 heteroatoms. The SMILES string of the molecule is CC(C)C[C@H](NCCCCNS(=O)(=O)c1ccc(F)cc1Cl)C(=O)NC(=O)CCC1CCCCC1. The van der Waals surface area contributed by atoms with Gasteiger partial charge in [0.25, 0.3) is 0 Å². The Hall–Kier alpha value is -1.55. The lowest BCUT2D eigenvalue weighted by atomic mass is 9.86. The largest absolute Gasteiger partial charge is 0.306 e. The monoisotopic (exact) mass is 531 g/mol. The summed E-state index contributed by atoms with van der Waals surface area (Å²) in [6.45, 7) is 4.71. The lowest BCUT2D eigenvalue weighted by Gasteiger charge is -2.22. The third kappa shape index (κ3) is 10.9. The predicted molar refractivity (Wildman–Crippen MR) is 136 cm³/mol. The van der Waals surface area contributed by atoms with Crippen molar-refractivity contribution in [3.05, 3.63) is 29.0 Å². The zero-order valence-corrected chi connectivity index (χ0v) is 22.3. The lowest BCUT2D eigenvalue weighted by molar-refractivity contribution is -0.132. The van der Waals surface area contributed by atoms with E-state index < -0.39 is 21.9 Å². The van der Waals surface area contributed by atoms with Crippen LogP contribution in [0, 0.1) is 17.7 Å². The van der Waals surface area contributed by atoms with Gasteiger partial charge in [0.05, 0.1) is 11.1 Å². The van der Waals surface area contributed by atoms with Crippen molar-refractivity contribution in [1.29, 1.82) is 0 Å². The second-order valence-corrected chi connectivity index (χ2v) is 11.9.